The van der Waals surface area contributed by atoms with Crippen LogP contribution in [0.3, 0.4) is 0 Å². The van der Waals surface area contributed by atoms with Crippen molar-refractivity contribution < 1.29 is 9.53 Å². The molecule has 2 N–H and O–H groups in total. The Balaban J connectivity index is 2.02. The summed E-state index contributed by atoms with van der Waals surface area (Å²) in [6.07, 6.45) is 1.77. The highest BCUT2D eigenvalue weighted by atomic mass is 16.5. The normalized spacial score (nSPS) is 12.8. The number of carbonyl (C=O) groups is 1. The van der Waals surface area contributed by atoms with Crippen LogP contribution >= 0.6 is 0 Å². The maximum absolute atomic E-state index is 12.1. The highest BCUT2D eigenvalue weighted by Crippen LogP contribution is 2.30. The molecule has 0 bridgehead atoms. The van der Waals surface area contributed by atoms with Crippen molar-refractivity contribution in [2.45, 2.75) is 6.92 Å². The fraction of sp³-hybridized carbons (Fsp3) is 0.250. The number of fused-ring (bicyclic) bond motifs is 1. The molecule has 0 saturated heterocycles. The number of benzene rings is 1. The SMILES string of the molecule is CCOC(=O)c1ccccc1-c1cnc2c(c1)NCCN2. The average molecular weight is 283 g/mol. The van der Waals surface area contributed by atoms with Gasteiger partial charge in [-0.05, 0) is 24.6 Å². The summed E-state index contributed by atoms with van der Waals surface area (Å²) in [6.45, 7) is 3.88. The lowest BCUT2D eigenvalue weighted by Crippen LogP contribution is -2.21. The molecular weight excluding hydrogens is 266 g/mol. The number of ether oxygens (including phenoxy) is 1. The van der Waals surface area contributed by atoms with E-state index < -0.39 is 0 Å². The average Bonchev–Trinajstić information content (AvgIpc) is 2.54. The van der Waals surface area contributed by atoms with Gasteiger partial charge in [0.1, 0.15) is 5.82 Å². The van der Waals surface area contributed by atoms with Gasteiger partial charge in [-0.3, -0.25) is 0 Å². The molecule has 2 aromatic rings. The van der Waals surface area contributed by atoms with Crippen molar-refractivity contribution in [1.82, 2.24) is 4.98 Å². The second-order valence-electron chi connectivity index (χ2n) is 4.74. The third-order valence-corrected chi connectivity index (χ3v) is 3.35. The third-order valence-electron chi connectivity index (χ3n) is 3.35. The third kappa shape index (κ3) is 2.67. The van der Waals surface area contributed by atoms with Crippen LogP contribution in [0.2, 0.25) is 0 Å². The van der Waals surface area contributed by atoms with Crippen LogP contribution in [0.4, 0.5) is 11.5 Å². The Morgan fingerprint density at radius 1 is 1.29 bits per heavy atom. The quantitative estimate of drug-likeness (QED) is 0.848. The maximum Gasteiger partial charge on any atom is 0.338 e. The fourth-order valence-corrected chi connectivity index (χ4v) is 2.39. The number of anilines is 2. The van der Waals surface area contributed by atoms with Crippen molar-refractivity contribution in [3.8, 4) is 11.1 Å². The smallest absolute Gasteiger partial charge is 0.338 e. The summed E-state index contributed by atoms with van der Waals surface area (Å²) in [7, 11) is 0. The van der Waals surface area contributed by atoms with E-state index in [4.69, 9.17) is 4.74 Å². The van der Waals surface area contributed by atoms with Crippen molar-refractivity contribution in [1.29, 1.82) is 0 Å². The molecule has 0 atom stereocenters. The fourth-order valence-electron chi connectivity index (χ4n) is 2.39. The predicted molar refractivity (Wildman–Crippen MR) is 82.6 cm³/mol. The molecule has 0 aliphatic carbocycles. The van der Waals surface area contributed by atoms with E-state index in [0.29, 0.717) is 12.2 Å². The molecule has 0 unspecified atom stereocenters. The van der Waals surface area contributed by atoms with Gasteiger partial charge in [-0.25, -0.2) is 9.78 Å². The molecule has 1 aromatic heterocycles. The van der Waals surface area contributed by atoms with E-state index in [1.807, 2.05) is 24.3 Å². The summed E-state index contributed by atoms with van der Waals surface area (Å²) in [4.78, 5) is 16.5. The second kappa shape index (κ2) is 5.83. The van der Waals surface area contributed by atoms with E-state index in [-0.39, 0.29) is 5.97 Å². The first-order valence-electron chi connectivity index (χ1n) is 7.04. The number of rotatable bonds is 3. The van der Waals surface area contributed by atoms with Crippen LogP contribution in [0.25, 0.3) is 11.1 Å². The minimum atomic E-state index is -0.308. The Hall–Kier alpha value is -2.56. The minimum Gasteiger partial charge on any atom is -0.462 e. The molecule has 0 saturated carbocycles. The van der Waals surface area contributed by atoms with Gasteiger partial charge in [0.25, 0.3) is 0 Å². The Labute approximate surface area is 123 Å². The second-order valence-corrected chi connectivity index (χ2v) is 4.74. The van der Waals surface area contributed by atoms with Crippen molar-refractivity contribution in [2.75, 3.05) is 30.3 Å². The van der Waals surface area contributed by atoms with E-state index in [9.17, 15) is 4.79 Å². The number of nitrogens with zero attached hydrogens (tertiary/aromatic N) is 1. The number of hydrogen-bond donors (Lipinski definition) is 2. The molecule has 1 aromatic carbocycles. The standard InChI is InChI=1S/C16H17N3O2/c1-2-21-16(20)13-6-4-3-5-12(13)11-9-14-15(19-10-11)18-8-7-17-14/h3-6,9-10,17H,2,7-8H2,1H3,(H,18,19). The first-order valence-corrected chi connectivity index (χ1v) is 7.04. The summed E-state index contributed by atoms with van der Waals surface area (Å²) in [5, 5.41) is 6.54. The molecule has 21 heavy (non-hydrogen) atoms. The van der Waals surface area contributed by atoms with Gasteiger partial charge >= 0.3 is 5.97 Å². The highest BCUT2D eigenvalue weighted by molar-refractivity contribution is 5.97. The monoisotopic (exact) mass is 283 g/mol. The van der Waals surface area contributed by atoms with Gasteiger partial charge < -0.3 is 15.4 Å². The molecule has 0 radical (unpaired) electrons. The number of pyridine rings is 1. The largest absolute Gasteiger partial charge is 0.462 e. The van der Waals surface area contributed by atoms with Gasteiger partial charge in [0, 0.05) is 24.8 Å². The molecule has 1 aliphatic rings. The van der Waals surface area contributed by atoms with Crippen molar-refractivity contribution in [3.05, 3.63) is 42.1 Å². The molecule has 0 amide bonds. The van der Waals surface area contributed by atoms with E-state index in [1.54, 1.807) is 19.2 Å². The number of aromatic nitrogens is 1. The van der Waals surface area contributed by atoms with E-state index >= 15 is 0 Å². The molecule has 108 valence electrons. The highest BCUT2D eigenvalue weighted by Gasteiger charge is 2.16. The minimum absolute atomic E-state index is 0.308. The number of carbonyl (C=O) groups excluding carboxylic acids is 1. The van der Waals surface area contributed by atoms with E-state index in [0.717, 1.165) is 35.7 Å². The van der Waals surface area contributed by atoms with Crippen molar-refractivity contribution >= 4 is 17.5 Å². The lowest BCUT2D eigenvalue weighted by Gasteiger charge is -2.19. The van der Waals surface area contributed by atoms with Crippen molar-refractivity contribution in [3.63, 3.8) is 0 Å². The zero-order chi connectivity index (χ0) is 14.7. The molecule has 0 fully saturated rings. The summed E-state index contributed by atoms with van der Waals surface area (Å²) in [6, 6.07) is 9.43. The molecule has 5 heteroatoms. The van der Waals surface area contributed by atoms with Gasteiger partial charge in [0.2, 0.25) is 0 Å². The topological polar surface area (TPSA) is 63.2 Å². The van der Waals surface area contributed by atoms with E-state index in [2.05, 4.69) is 15.6 Å². The first kappa shape index (κ1) is 13.4. The molecule has 5 nitrogen and oxygen atoms in total. The Morgan fingerprint density at radius 3 is 2.95 bits per heavy atom. The molecular formula is C16H17N3O2. The van der Waals surface area contributed by atoms with Gasteiger partial charge in [0.15, 0.2) is 0 Å². The van der Waals surface area contributed by atoms with Crippen LogP contribution in [-0.2, 0) is 4.74 Å². The van der Waals surface area contributed by atoms with Gasteiger partial charge in [0.05, 0.1) is 17.9 Å². The van der Waals surface area contributed by atoms with Gasteiger partial charge in [-0.1, -0.05) is 18.2 Å². The van der Waals surface area contributed by atoms with Crippen LogP contribution in [0, 0.1) is 0 Å². The Bertz CT molecular complexity index is 670. The lowest BCUT2D eigenvalue weighted by molar-refractivity contribution is 0.0527. The van der Waals surface area contributed by atoms with Gasteiger partial charge in [-0.15, -0.1) is 0 Å². The predicted octanol–water partition coefficient (Wildman–Crippen LogP) is 2.76. The zero-order valence-electron chi connectivity index (χ0n) is 11.8. The van der Waals surface area contributed by atoms with E-state index in [1.165, 1.54) is 0 Å². The number of hydrogen-bond acceptors (Lipinski definition) is 5. The van der Waals surface area contributed by atoms with Crippen molar-refractivity contribution in [2.24, 2.45) is 0 Å². The molecule has 2 heterocycles. The van der Waals surface area contributed by atoms with Crippen LogP contribution < -0.4 is 10.6 Å². The zero-order valence-corrected chi connectivity index (χ0v) is 11.8. The van der Waals surface area contributed by atoms with Crippen LogP contribution in [0.15, 0.2) is 36.5 Å². The molecule has 3 rings (SSSR count). The number of esters is 1. The van der Waals surface area contributed by atoms with Crippen LogP contribution in [0.1, 0.15) is 17.3 Å². The first-order chi connectivity index (χ1) is 10.3. The van der Waals surface area contributed by atoms with Gasteiger partial charge in [-0.2, -0.15) is 0 Å². The Kier molecular flexibility index (Phi) is 3.73. The molecule has 0 spiro atoms. The summed E-state index contributed by atoms with van der Waals surface area (Å²) in [5.74, 6) is 0.538. The molecule has 1 aliphatic heterocycles. The summed E-state index contributed by atoms with van der Waals surface area (Å²) in [5.41, 5.74) is 3.24. The van der Waals surface area contributed by atoms with Crippen LogP contribution in [-0.4, -0.2) is 30.6 Å². The summed E-state index contributed by atoms with van der Waals surface area (Å²) >= 11 is 0. The number of nitrogens with one attached hydrogen (secondary N) is 2. The summed E-state index contributed by atoms with van der Waals surface area (Å²) < 4.78 is 5.12. The maximum atomic E-state index is 12.1. The van der Waals surface area contributed by atoms with Crippen LogP contribution in [0.5, 0.6) is 0 Å². The Morgan fingerprint density at radius 2 is 2.10 bits per heavy atom. The lowest BCUT2D eigenvalue weighted by atomic mass is 10.0.